The van der Waals surface area contributed by atoms with Gasteiger partial charge in [0.25, 0.3) is 0 Å². The predicted octanol–water partition coefficient (Wildman–Crippen LogP) is 4.29. The molecule has 5 rings (SSSR count). The molecule has 0 aromatic carbocycles. The molecule has 3 aromatic heterocycles. The molecule has 0 unspecified atom stereocenters. The molecule has 1 fully saturated rings. The molecule has 1 atom stereocenters. The molecule has 2 amide bonds. The molecule has 0 radical (unpaired) electrons. The van der Waals surface area contributed by atoms with E-state index in [-0.39, 0.29) is 23.4 Å². The third-order valence-electron chi connectivity index (χ3n) is 5.80. The zero-order chi connectivity index (χ0) is 23.9. The van der Waals surface area contributed by atoms with Crippen LogP contribution in [0.2, 0.25) is 0 Å². The Morgan fingerprint density at radius 3 is 2.85 bits per heavy atom. The number of aromatic nitrogens is 3. The van der Waals surface area contributed by atoms with Crippen LogP contribution in [0.5, 0.6) is 0 Å². The van der Waals surface area contributed by atoms with E-state index in [1.54, 1.807) is 18.2 Å². The SMILES string of the molecule is O=C(CCC(F)(F)F)c1ccc2c(n1)N(C(=O)Nc1cc(-c3cnco3)ccn1)[C@H]1CCN2C1. The van der Waals surface area contributed by atoms with Crippen LogP contribution in [0.3, 0.4) is 0 Å². The number of anilines is 3. The quantitative estimate of drug-likeness (QED) is 0.553. The van der Waals surface area contributed by atoms with Crippen LogP contribution in [-0.2, 0) is 0 Å². The van der Waals surface area contributed by atoms with E-state index >= 15 is 0 Å². The second kappa shape index (κ2) is 8.43. The fourth-order valence-corrected chi connectivity index (χ4v) is 4.19. The second-order valence-corrected chi connectivity index (χ2v) is 8.06. The first kappa shape index (κ1) is 21.9. The van der Waals surface area contributed by atoms with Crippen molar-refractivity contribution in [2.24, 2.45) is 0 Å². The highest BCUT2D eigenvalue weighted by Crippen LogP contribution is 2.39. The Bertz CT molecular complexity index is 1230. The summed E-state index contributed by atoms with van der Waals surface area (Å²) >= 11 is 0. The van der Waals surface area contributed by atoms with Crippen LogP contribution in [0.1, 0.15) is 29.8 Å². The highest BCUT2D eigenvalue weighted by molar-refractivity contribution is 6.05. The number of oxazole rings is 1. The van der Waals surface area contributed by atoms with E-state index in [1.165, 1.54) is 29.8 Å². The monoisotopic (exact) mass is 472 g/mol. The Kier molecular flexibility index (Phi) is 5.42. The van der Waals surface area contributed by atoms with Crippen LogP contribution in [0, 0.1) is 0 Å². The van der Waals surface area contributed by atoms with Crippen LogP contribution >= 0.6 is 0 Å². The van der Waals surface area contributed by atoms with Crippen LogP contribution in [0.25, 0.3) is 11.3 Å². The summed E-state index contributed by atoms with van der Waals surface area (Å²) in [4.78, 5) is 41.5. The molecule has 1 N–H and O–H groups in total. The van der Waals surface area contributed by atoms with E-state index in [2.05, 4.69) is 20.3 Å². The minimum Gasteiger partial charge on any atom is -0.444 e. The summed E-state index contributed by atoms with van der Waals surface area (Å²) in [5.41, 5.74) is 1.22. The number of alkyl halides is 3. The third-order valence-corrected chi connectivity index (χ3v) is 5.80. The van der Waals surface area contributed by atoms with Crippen molar-refractivity contribution >= 4 is 29.1 Å². The van der Waals surface area contributed by atoms with Crippen molar-refractivity contribution in [1.82, 2.24) is 15.0 Å². The molecule has 3 aromatic rings. The maximum Gasteiger partial charge on any atom is 0.389 e. The highest BCUT2D eigenvalue weighted by Gasteiger charge is 2.40. The van der Waals surface area contributed by atoms with Gasteiger partial charge in [0, 0.05) is 31.3 Å². The van der Waals surface area contributed by atoms with Gasteiger partial charge in [-0.3, -0.25) is 15.0 Å². The summed E-state index contributed by atoms with van der Waals surface area (Å²) in [6.45, 7) is 1.29. The number of fused-ring (bicyclic) bond motifs is 4. The summed E-state index contributed by atoms with van der Waals surface area (Å²) in [5, 5.41) is 2.75. The fraction of sp³-hybridized carbons (Fsp3) is 0.318. The fourth-order valence-electron chi connectivity index (χ4n) is 4.19. The number of carbonyl (C=O) groups excluding carboxylic acids is 2. The van der Waals surface area contributed by atoms with Gasteiger partial charge in [-0.25, -0.2) is 19.7 Å². The van der Waals surface area contributed by atoms with Crippen LogP contribution in [0.4, 0.5) is 35.3 Å². The third kappa shape index (κ3) is 4.30. The number of nitrogens with one attached hydrogen (secondary N) is 1. The molecule has 0 spiro atoms. The highest BCUT2D eigenvalue weighted by atomic mass is 19.4. The molecule has 9 nitrogen and oxygen atoms in total. The largest absolute Gasteiger partial charge is 0.444 e. The Morgan fingerprint density at radius 1 is 1.24 bits per heavy atom. The first-order chi connectivity index (χ1) is 16.3. The normalized spacial score (nSPS) is 17.0. The number of urea groups is 1. The van der Waals surface area contributed by atoms with Gasteiger partial charge < -0.3 is 9.32 Å². The van der Waals surface area contributed by atoms with E-state index in [1.807, 2.05) is 4.90 Å². The van der Waals surface area contributed by atoms with Gasteiger partial charge in [-0.15, -0.1) is 0 Å². The lowest BCUT2D eigenvalue weighted by Crippen LogP contribution is -2.48. The van der Waals surface area contributed by atoms with Gasteiger partial charge in [-0.05, 0) is 30.7 Å². The Morgan fingerprint density at radius 2 is 2.09 bits per heavy atom. The average Bonchev–Trinajstić information content (AvgIpc) is 3.48. The summed E-state index contributed by atoms with van der Waals surface area (Å²) in [6.07, 6.45) is -1.32. The summed E-state index contributed by atoms with van der Waals surface area (Å²) in [6, 6.07) is 5.69. The van der Waals surface area contributed by atoms with Crippen LogP contribution < -0.4 is 15.1 Å². The lowest BCUT2D eigenvalue weighted by molar-refractivity contribution is -0.133. The Hall–Kier alpha value is -3.96. The standard InChI is InChI=1S/C22H19F3N6O3/c23-22(24,25)6-3-17(32)15-1-2-16-20(28-15)31(14-5-8-30(16)11-14)21(33)29-19-9-13(4-7-27-19)18-10-26-12-34-18/h1-2,4,7,9-10,12,14H,3,5-6,8,11H2,(H,27,29,33)/t14-/m0/s1. The summed E-state index contributed by atoms with van der Waals surface area (Å²) < 4.78 is 42.9. The van der Waals surface area contributed by atoms with Gasteiger partial charge in [0.15, 0.2) is 23.8 Å². The van der Waals surface area contributed by atoms with E-state index in [9.17, 15) is 22.8 Å². The Balaban J connectivity index is 1.41. The molecular formula is C22H19F3N6O3. The molecule has 34 heavy (non-hydrogen) atoms. The number of nitrogens with zero attached hydrogens (tertiary/aromatic N) is 5. The number of ketones is 1. The molecule has 2 aliphatic heterocycles. The van der Waals surface area contributed by atoms with Crippen molar-refractivity contribution in [3.8, 4) is 11.3 Å². The lowest BCUT2D eigenvalue weighted by Gasteiger charge is -2.35. The minimum absolute atomic E-state index is 0.103. The van der Waals surface area contributed by atoms with Gasteiger partial charge in [0.2, 0.25) is 0 Å². The predicted molar refractivity (Wildman–Crippen MR) is 116 cm³/mol. The zero-order valence-corrected chi connectivity index (χ0v) is 17.7. The number of hydrogen-bond donors (Lipinski definition) is 1. The van der Waals surface area contributed by atoms with Gasteiger partial charge in [0.1, 0.15) is 11.5 Å². The van der Waals surface area contributed by atoms with E-state index < -0.39 is 30.8 Å². The molecule has 12 heteroatoms. The number of carbonyl (C=O) groups is 2. The lowest BCUT2D eigenvalue weighted by atomic mass is 10.1. The maximum atomic E-state index is 13.3. The van der Waals surface area contributed by atoms with E-state index in [4.69, 9.17) is 4.42 Å². The van der Waals surface area contributed by atoms with E-state index in [0.717, 1.165) is 0 Å². The molecule has 5 heterocycles. The van der Waals surface area contributed by atoms with Crippen molar-refractivity contribution < 1.29 is 27.2 Å². The minimum atomic E-state index is -4.44. The molecule has 0 aliphatic carbocycles. The zero-order valence-electron chi connectivity index (χ0n) is 17.7. The molecule has 0 saturated carbocycles. The van der Waals surface area contributed by atoms with Crippen molar-refractivity contribution in [2.45, 2.75) is 31.5 Å². The van der Waals surface area contributed by atoms with Gasteiger partial charge >= 0.3 is 12.2 Å². The molecule has 176 valence electrons. The number of hydrogen-bond acceptors (Lipinski definition) is 7. The first-order valence-corrected chi connectivity index (χ1v) is 10.6. The van der Waals surface area contributed by atoms with Crippen LogP contribution in [-0.4, -0.2) is 52.1 Å². The molecule has 2 bridgehead atoms. The second-order valence-electron chi connectivity index (χ2n) is 8.06. The number of amides is 2. The summed E-state index contributed by atoms with van der Waals surface area (Å²) in [7, 11) is 0. The topological polar surface area (TPSA) is 104 Å². The molecule has 2 aliphatic rings. The average molecular weight is 472 g/mol. The summed E-state index contributed by atoms with van der Waals surface area (Å²) in [5.74, 6) is 0.306. The molecular weight excluding hydrogens is 453 g/mol. The van der Waals surface area contributed by atoms with Crippen LogP contribution in [0.15, 0.2) is 47.5 Å². The van der Waals surface area contributed by atoms with Gasteiger partial charge in [-0.1, -0.05) is 0 Å². The number of rotatable bonds is 5. The van der Waals surface area contributed by atoms with Crippen molar-refractivity contribution in [3.05, 3.63) is 48.7 Å². The van der Waals surface area contributed by atoms with Crippen molar-refractivity contribution in [1.29, 1.82) is 0 Å². The Labute approximate surface area is 191 Å². The van der Waals surface area contributed by atoms with Crippen molar-refractivity contribution in [2.75, 3.05) is 28.2 Å². The van der Waals surface area contributed by atoms with Gasteiger partial charge in [-0.2, -0.15) is 13.2 Å². The smallest absolute Gasteiger partial charge is 0.389 e. The molecule has 1 saturated heterocycles. The van der Waals surface area contributed by atoms with Gasteiger partial charge in [0.05, 0.1) is 24.3 Å². The first-order valence-electron chi connectivity index (χ1n) is 10.6. The number of halogens is 3. The maximum absolute atomic E-state index is 13.3. The van der Waals surface area contributed by atoms with Crippen molar-refractivity contribution in [3.63, 3.8) is 0 Å². The number of pyridine rings is 2. The van der Waals surface area contributed by atoms with E-state index in [0.29, 0.717) is 36.5 Å². The number of Topliss-reactive ketones (excluding diaryl/α,β-unsaturated/α-hetero) is 1.